The minimum atomic E-state index is 0.605. The Morgan fingerprint density at radius 2 is 2.00 bits per heavy atom. The molecule has 0 unspecified atom stereocenters. The molecule has 2 N–H and O–H groups in total. The summed E-state index contributed by atoms with van der Waals surface area (Å²) in [6.07, 6.45) is 1.67. The second-order valence-corrected chi connectivity index (χ2v) is 3.66. The Labute approximate surface area is 99.8 Å². The van der Waals surface area contributed by atoms with Crippen molar-refractivity contribution in [3.8, 4) is 22.8 Å². The maximum Gasteiger partial charge on any atom is 0.132 e. The molecule has 0 fully saturated rings. The lowest BCUT2D eigenvalue weighted by molar-refractivity contribution is 0.395. The van der Waals surface area contributed by atoms with E-state index in [4.69, 9.17) is 15.2 Å². The van der Waals surface area contributed by atoms with Crippen molar-refractivity contribution in [3.05, 3.63) is 24.5 Å². The van der Waals surface area contributed by atoms with E-state index in [0.717, 1.165) is 11.3 Å². The van der Waals surface area contributed by atoms with Gasteiger partial charge in [-0.1, -0.05) is 0 Å². The summed E-state index contributed by atoms with van der Waals surface area (Å²) in [5.74, 6) is 2.03. The third-order valence-electron chi connectivity index (χ3n) is 2.65. The molecule has 2 aromatic rings. The molecule has 0 amide bonds. The third-order valence-corrected chi connectivity index (χ3v) is 2.65. The molecular weight excluding hydrogens is 218 g/mol. The zero-order valence-corrected chi connectivity index (χ0v) is 10.1. The lowest BCUT2D eigenvalue weighted by atomic mass is 10.1. The number of imidazole rings is 1. The monoisotopic (exact) mass is 233 g/mol. The van der Waals surface area contributed by atoms with Crippen LogP contribution in [0.15, 0.2) is 24.5 Å². The molecule has 0 bridgehead atoms. The van der Waals surface area contributed by atoms with Crippen LogP contribution in [0.4, 0.5) is 5.82 Å². The van der Waals surface area contributed by atoms with Gasteiger partial charge in [0.1, 0.15) is 23.0 Å². The van der Waals surface area contributed by atoms with E-state index < -0.39 is 0 Å². The largest absolute Gasteiger partial charge is 0.497 e. The molecule has 5 nitrogen and oxygen atoms in total. The average molecular weight is 233 g/mol. The van der Waals surface area contributed by atoms with Crippen LogP contribution in [0.1, 0.15) is 0 Å². The van der Waals surface area contributed by atoms with Gasteiger partial charge in [-0.2, -0.15) is 0 Å². The topological polar surface area (TPSA) is 62.3 Å². The number of nitrogens with zero attached hydrogens (tertiary/aromatic N) is 2. The van der Waals surface area contributed by atoms with E-state index in [9.17, 15) is 0 Å². The molecule has 90 valence electrons. The molecule has 17 heavy (non-hydrogen) atoms. The highest BCUT2D eigenvalue weighted by molar-refractivity contribution is 5.76. The van der Waals surface area contributed by atoms with Gasteiger partial charge in [0.25, 0.3) is 0 Å². The fraction of sp³-hybridized carbons (Fsp3) is 0.250. The molecule has 0 aliphatic heterocycles. The fourth-order valence-electron chi connectivity index (χ4n) is 1.64. The molecule has 0 saturated carbocycles. The highest BCUT2D eigenvalue weighted by atomic mass is 16.5. The first-order valence-electron chi connectivity index (χ1n) is 5.16. The number of benzene rings is 1. The fourth-order valence-corrected chi connectivity index (χ4v) is 1.64. The van der Waals surface area contributed by atoms with Gasteiger partial charge in [0.15, 0.2) is 0 Å². The number of anilines is 1. The Morgan fingerprint density at radius 1 is 1.24 bits per heavy atom. The molecule has 0 saturated heterocycles. The summed E-state index contributed by atoms with van der Waals surface area (Å²) in [5, 5.41) is 0. The number of nitrogen functional groups attached to an aromatic ring is 1. The van der Waals surface area contributed by atoms with Crippen molar-refractivity contribution in [2.45, 2.75) is 0 Å². The van der Waals surface area contributed by atoms with E-state index >= 15 is 0 Å². The SMILES string of the molecule is COc1ccc(-c2ncn(C)c2N)c(OC)c1. The number of nitrogens with two attached hydrogens (primary N) is 1. The van der Waals surface area contributed by atoms with Crippen LogP contribution >= 0.6 is 0 Å². The number of hydrogen-bond donors (Lipinski definition) is 1. The predicted molar refractivity (Wildman–Crippen MR) is 66.2 cm³/mol. The summed E-state index contributed by atoms with van der Waals surface area (Å²) in [4.78, 5) is 4.27. The molecule has 0 aliphatic rings. The number of aromatic nitrogens is 2. The normalized spacial score (nSPS) is 10.3. The number of hydrogen-bond acceptors (Lipinski definition) is 4. The minimum Gasteiger partial charge on any atom is -0.497 e. The van der Waals surface area contributed by atoms with Crippen LogP contribution in [0.3, 0.4) is 0 Å². The van der Waals surface area contributed by atoms with Crippen LogP contribution in [0.5, 0.6) is 11.5 Å². The molecule has 1 aromatic carbocycles. The predicted octanol–water partition coefficient (Wildman–Crippen LogP) is 1.69. The summed E-state index contributed by atoms with van der Waals surface area (Å²) in [6.45, 7) is 0. The molecule has 0 aliphatic carbocycles. The first-order valence-corrected chi connectivity index (χ1v) is 5.16. The van der Waals surface area contributed by atoms with Crippen molar-refractivity contribution in [3.63, 3.8) is 0 Å². The van der Waals surface area contributed by atoms with Crippen molar-refractivity contribution >= 4 is 5.82 Å². The molecule has 0 radical (unpaired) electrons. The van der Waals surface area contributed by atoms with Gasteiger partial charge < -0.3 is 19.8 Å². The molecule has 1 aromatic heterocycles. The van der Waals surface area contributed by atoms with Crippen LogP contribution in [-0.4, -0.2) is 23.8 Å². The first kappa shape index (κ1) is 11.3. The molecule has 5 heteroatoms. The summed E-state index contributed by atoms with van der Waals surface area (Å²) in [7, 11) is 5.07. The number of aryl methyl sites for hydroxylation is 1. The zero-order valence-electron chi connectivity index (χ0n) is 10.1. The number of rotatable bonds is 3. The maximum atomic E-state index is 5.94. The Kier molecular flexibility index (Phi) is 2.91. The summed E-state index contributed by atoms with van der Waals surface area (Å²) >= 11 is 0. The maximum absolute atomic E-state index is 5.94. The average Bonchev–Trinajstić information content (AvgIpc) is 2.69. The molecule has 0 spiro atoms. The molecule has 0 atom stereocenters. The van der Waals surface area contributed by atoms with Crippen LogP contribution in [0.2, 0.25) is 0 Å². The van der Waals surface area contributed by atoms with Gasteiger partial charge in [-0.15, -0.1) is 0 Å². The molecule has 1 heterocycles. The van der Waals surface area contributed by atoms with E-state index in [1.165, 1.54) is 0 Å². The van der Waals surface area contributed by atoms with Crippen molar-refractivity contribution in [2.75, 3.05) is 20.0 Å². The Hall–Kier alpha value is -2.17. The van der Waals surface area contributed by atoms with Gasteiger partial charge in [0.05, 0.1) is 20.5 Å². The number of methoxy groups -OCH3 is 2. The van der Waals surface area contributed by atoms with Gasteiger partial charge >= 0.3 is 0 Å². The van der Waals surface area contributed by atoms with Gasteiger partial charge in [0, 0.05) is 18.7 Å². The lowest BCUT2D eigenvalue weighted by Crippen LogP contribution is -1.97. The van der Waals surface area contributed by atoms with E-state index in [1.807, 2.05) is 25.2 Å². The second kappa shape index (κ2) is 4.37. The van der Waals surface area contributed by atoms with Gasteiger partial charge in [-0.05, 0) is 12.1 Å². The van der Waals surface area contributed by atoms with E-state index in [0.29, 0.717) is 17.3 Å². The highest BCUT2D eigenvalue weighted by Crippen LogP contribution is 2.34. The summed E-state index contributed by atoms with van der Waals surface area (Å²) in [6, 6.07) is 5.55. The van der Waals surface area contributed by atoms with Crippen molar-refractivity contribution in [2.24, 2.45) is 7.05 Å². The summed E-state index contributed by atoms with van der Waals surface area (Å²) in [5.41, 5.74) is 7.51. The Morgan fingerprint density at radius 3 is 2.53 bits per heavy atom. The Balaban J connectivity index is 2.55. The Bertz CT molecular complexity index is 535. The molecular formula is C12H15N3O2. The zero-order chi connectivity index (χ0) is 12.4. The van der Waals surface area contributed by atoms with Crippen molar-refractivity contribution < 1.29 is 9.47 Å². The smallest absolute Gasteiger partial charge is 0.132 e. The second-order valence-electron chi connectivity index (χ2n) is 3.66. The first-order chi connectivity index (χ1) is 8.17. The van der Waals surface area contributed by atoms with Crippen LogP contribution < -0.4 is 15.2 Å². The van der Waals surface area contributed by atoms with Crippen LogP contribution in [0, 0.1) is 0 Å². The standard InChI is InChI=1S/C12H15N3O2/c1-15-7-14-11(12(15)13)9-5-4-8(16-2)6-10(9)17-3/h4-7H,13H2,1-3H3. The number of ether oxygens (including phenoxy) is 2. The van der Waals surface area contributed by atoms with Gasteiger partial charge in [-0.25, -0.2) is 4.98 Å². The summed E-state index contributed by atoms with van der Waals surface area (Å²) < 4.78 is 12.2. The molecule has 2 rings (SSSR count). The van der Waals surface area contributed by atoms with Crippen LogP contribution in [0.25, 0.3) is 11.3 Å². The van der Waals surface area contributed by atoms with Gasteiger partial charge in [-0.3, -0.25) is 0 Å². The third kappa shape index (κ3) is 1.91. The van der Waals surface area contributed by atoms with E-state index in [-0.39, 0.29) is 0 Å². The van der Waals surface area contributed by atoms with Crippen molar-refractivity contribution in [1.82, 2.24) is 9.55 Å². The minimum absolute atomic E-state index is 0.605. The van der Waals surface area contributed by atoms with Crippen LogP contribution in [-0.2, 0) is 7.05 Å². The van der Waals surface area contributed by atoms with E-state index in [1.54, 1.807) is 25.1 Å². The van der Waals surface area contributed by atoms with Gasteiger partial charge in [0.2, 0.25) is 0 Å². The van der Waals surface area contributed by atoms with Crippen molar-refractivity contribution in [1.29, 1.82) is 0 Å². The lowest BCUT2D eigenvalue weighted by Gasteiger charge is -2.09. The highest BCUT2D eigenvalue weighted by Gasteiger charge is 2.13. The quantitative estimate of drug-likeness (QED) is 0.876. The van der Waals surface area contributed by atoms with E-state index in [2.05, 4.69) is 4.98 Å².